The zero-order chi connectivity index (χ0) is 21.3. The van der Waals surface area contributed by atoms with E-state index in [1.54, 1.807) is 6.92 Å². The van der Waals surface area contributed by atoms with Crippen LogP contribution >= 0.6 is 0 Å². The van der Waals surface area contributed by atoms with Gasteiger partial charge in [-0.05, 0) is 36.2 Å². The van der Waals surface area contributed by atoms with E-state index in [2.05, 4.69) is 10.2 Å². The molecule has 8 nitrogen and oxygen atoms in total. The van der Waals surface area contributed by atoms with Gasteiger partial charge in [0.05, 0.1) is 16.8 Å². The summed E-state index contributed by atoms with van der Waals surface area (Å²) in [6.07, 6.45) is -5.46. The van der Waals surface area contributed by atoms with Gasteiger partial charge in [-0.15, -0.1) is 5.10 Å². The van der Waals surface area contributed by atoms with Crippen molar-refractivity contribution >= 4 is 6.09 Å². The van der Waals surface area contributed by atoms with Gasteiger partial charge in [0, 0.05) is 6.07 Å². The van der Waals surface area contributed by atoms with Crippen LogP contribution in [0.4, 0.5) is 18.0 Å². The highest BCUT2D eigenvalue weighted by Crippen LogP contribution is 2.38. The van der Waals surface area contributed by atoms with Crippen LogP contribution in [-0.2, 0) is 12.6 Å². The van der Waals surface area contributed by atoms with Crippen LogP contribution in [0.3, 0.4) is 0 Å². The van der Waals surface area contributed by atoms with Crippen LogP contribution in [0.25, 0.3) is 17.1 Å². The Kier molecular flexibility index (Phi) is 5.06. The fraction of sp³-hybridized carbons (Fsp3) is 0.167. The number of aromatic hydroxyl groups is 2. The summed E-state index contributed by atoms with van der Waals surface area (Å²) in [6.45, 7) is 1.76. The largest absolute Gasteiger partial charge is 0.508 e. The molecule has 0 fully saturated rings. The zero-order valence-electron chi connectivity index (χ0n) is 14.9. The van der Waals surface area contributed by atoms with E-state index in [1.807, 2.05) is 0 Å². The van der Waals surface area contributed by atoms with Crippen molar-refractivity contribution in [1.82, 2.24) is 14.8 Å². The molecule has 2 aromatic carbocycles. The number of ether oxygens (including phenoxy) is 1. The number of alkyl halides is 3. The number of hydrogen-bond donors (Lipinski definition) is 3. The number of carbonyl (C=O) groups is 1. The predicted molar refractivity (Wildman–Crippen MR) is 94.7 cm³/mol. The van der Waals surface area contributed by atoms with Gasteiger partial charge >= 0.3 is 18.3 Å². The van der Waals surface area contributed by atoms with E-state index in [1.165, 1.54) is 12.1 Å². The lowest BCUT2D eigenvalue weighted by Gasteiger charge is -2.14. The fourth-order valence-corrected chi connectivity index (χ4v) is 2.74. The number of amides is 1. The lowest BCUT2D eigenvalue weighted by atomic mass is 10.1. The maximum absolute atomic E-state index is 13.1. The van der Waals surface area contributed by atoms with Gasteiger partial charge < -0.3 is 20.7 Å². The van der Waals surface area contributed by atoms with E-state index < -0.39 is 29.6 Å². The average Bonchev–Trinajstić information content (AvgIpc) is 3.04. The Morgan fingerprint density at radius 1 is 1.17 bits per heavy atom. The molecule has 0 spiro atoms. The summed E-state index contributed by atoms with van der Waals surface area (Å²) in [6, 6.07) is 6.14. The highest BCUT2D eigenvalue weighted by atomic mass is 19.4. The molecular formula is C18H15F3N4O4. The molecule has 1 amide bonds. The number of carbonyl (C=O) groups excluding carboxylic acids is 1. The van der Waals surface area contributed by atoms with Crippen LogP contribution in [-0.4, -0.2) is 31.1 Å². The van der Waals surface area contributed by atoms with Gasteiger partial charge in [-0.1, -0.05) is 18.1 Å². The Balaban J connectivity index is 2.27. The Bertz CT molecular complexity index is 1080. The second-order valence-electron chi connectivity index (χ2n) is 5.96. The quantitative estimate of drug-likeness (QED) is 0.608. The first-order valence-electron chi connectivity index (χ1n) is 8.27. The molecule has 1 heterocycles. The van der Waals surface area contributed by atoms with E-state index in [0.717, 1.165) is 28.8 Å². The van der Waals surface area contributed by atoms with Crippen LogP contribution in [0.2, 0.25) is 0 Å². The molecule has 11 heteroatoms. The van der Waals surface area contributed by atoms with Crippen molar-refractivity contribution in [2.24, 2.45) is 5.73 Å². The van der Waals surface area contributed by atoms with E-state index >= 15 is 0 Å². The van der Waals surface area contributed by atoms with Crippen LogP contribution in [0, 0.1) is 0 Å². The number of primary amides is 1. The smallest absolute Gasteiger partial charge is 0.416 e. The monoisotopic (exact) mass is 408 g/mol. The summed E-state index contributed by atoms with van der Waals surface area (Å²) in [5.74, 6) is -0.675. The minimum atomic E-state index is -4.62. The van der Waals surface area contributed by atoms with Crippen molar-refractivity contribution in [3.8, 4) is 34.6 Å². The highest BCUT2D eigenvalue weighted by molar-refractivity contribution is 5.71. The van der Waals surface area contributed by atoms with E-state index in [4.69, 9.17) is 10.5 Å². The third kappa shape index (κ3) is 3.93. The Morgan fingerprint density at radius 2 is 1.90 bits per heavy atom. The van der Waals surface area contributed by atoms with Crippen LogP contribution in [0.15, 0.2) is 36.4 Å². The topological polar surface area (TPSA) is 123 Å². The van der Waals surface area contributed by atoms with Gasteiger partial charge in [0.1, 0.15) is 11.5 Å². The molecule has 29 heavy (non-hydrogen) atoms. The van der Waals surface area contributed by atoms with Gasteiger partial charge in [0.25, 0.3) is 0 Å². The van der Waals surface area contributed by atoms with Gasteiger partial charge in [-0.25, -0.2) is 9.36 Å². The zero-order valence-corrected chi connectivity index (χ0v) is 14.9. The lowest BCUT2D eigenvalue weighted by molar-refractivity contribution is -0.137. The van der Waals surface area contributed by atoms with Gasteiger partial charge in [-0.2, -0.15) is 13.2 Å². The summed E-state index contributed by atoms with van der Waals surface area (Å²) >= 11 is 0. The number of aromatic nitrogens is 3. The molecule has 0 unspecified atom stereocenters. The molecule has 1 aromatic heterocycles. The first-order chi connectivity index (χ1) is 13.6. The molecule has 0 aliphatic rings. The van der Waals surface area contributed by atoms with Gasteiger partial charge in [-0.3, -0.25) is 0 Å². The standard InChI is InChI=1S/C18H15F3N4O4/c1-2-9-6-12(14(27)8-13(9)26)15-23-24-17(29-16(22)28)25(15)11-5-3-4-10(7-11)18(19,20)21/h3-8,26-27H,2H2,1H3,(H2,22,28). The van der Waals surface area contributed by atoms with Crippen molar-refractivity contribution in [3.63, 3.8) is 0 Å². The number of rotatable bonds is 4. The second-order valence-corrected chi connectivity index (χ2v) is 5.96. The molecule has 4 N–H and O–H groups in total. The van der Waals surface area contributed by atoms with Crippen LogP contribution in [0.5, 0.6) is 17.5 Å². The van der Waals surface area contributed by atoms with Crippen molar-refractivity contribution in [3.05, 3.63) is 47.5 Å². The third-order valence-electron chi connectivity index (χ3n) is 4.08. The summed E-state index contributed by atoms with van der Waals surface area (Å²) < 4.78 is 45.2. The molecular weight excluding hydrogens is 393 g/mol. The summed E-state index contributed by atoms with van der Waals surface area (Å²) in [5.41, 5.74) is 4.48. The Hall–Kier alpha value is -3.76. The number of nitrogens with zero attached hydrogens (tertiary/aromatic N) is 3. The number of hydrogen-bond acceptors (Lipinski definition) is 6. The number of halogens is 3. The molecule has 0 aliphatic carbocycles. The van der Waals surface area contributed by atoms with Gasteiger partial charge in [0.15, 0.2) is 5.82 Å². The first-order valence-corrected chi connectivity index (χ1v) is 8.27. The Labute approximate surface area is 162 Å². The first kappa shape index (κ1) is 20.0. The number of nitrogens with two attached hydrogens (primary N) is 1. The molecule has 152 valence electrons. The van der Waals surface area contributed by atoms with Crippen LogP contribution in [0.1, 0.15) is 18.1 Å². The van der Waals surface area contributed by atoms with E-state index in [0.29, 0.717) is 12.0 Å². The predicted octanol–water partition coefficient (Wildman–Crippen LogP) is 3.38. The van der Waals surface area contributed by atoms with Crippen molar-refractivity contribution in [2.75, 3.05) is 0 Å². The Morgan fingerprint density at radius 3 is 2.52 bits per heavy atom. The highest BCUT2D eigenvalue weighted by Gasteiger charge is 2.31. The summed E-state index contributed by atoms with van der Waals surface area (Å²) in [4.78, 5) is 11.2. The number of aryl methyl sites for hydroxylation is 1. The van der Waals surface area contributed by atoms with Gasteiger partial charge in [0.2, 0.25) is 0 Å². The lowest BCUT2D eigenvalue weighted by Crippen LogP contribution is -2.19. The molecule has 0 radical (unpaired) electrons. The molecule has 0 saturated carbocycles. The molecule has 0 atom stereocenters. The third-order valence-corrected chi connectivity index (χ3v) is 4.08. The minimum absolute atomic E-state index is 0.0592. The van der Waals surface area contributed by atoms with E-state index in [9.17, 15) is 28.2 Å². The normalized spacial score (nSPS) is 11.4. The molecule has 0 saturated heterocycles. The molecule has 0 bridgehead atoms. The van der Waals surface area contributed by atoms with Crippen molar-refractivity contribution in [1.29, 1.82) is 0 Å². The molecule has 3 aromatic rings. The van der Waals surface area contributed by atoms with E-state index in [-0.39, 0.29) is 22.8 Å². The maximum Gasteiger partial charge on any atom is 0.416 e. The molecule has 0 aliphatic heterocycles. The second kappa shape index (κ2) is 7.34. The van der Waals surface area contributed by atoms with Crippen molar-refractivity contribution < 1.29 is 32.9 Å². The van der Waals surface area contributed by atoms with Crippen LogP contribution < -0.4 is 10.5 Å². The average molecular weight is 408 g/mol. The fourth-order valence-electron chi connectivity index (χ4n) is 2.74. The SMILES string of the molecule is CCc1cc(-c2nnc(OC(N)=O)n2-c2cccc(C(F)(F)F)c2)c(O)cc1O. The summed E-state index contributed by atoms with van der Waals surface area (Å²) in [7, 11) is 0. The number of benzene rings is 2. The maximum atomic E-state index is 13.1. The summed E-state index contributed by atoms with van der Waals surface area (Å²) in [5, 5.41) is 27.6. The number of phenols is 2. The number of phenolic OH excluding ortho intramolecular Hbond substituents is 2. The molecule has 3 rings (SSSR count). The minimum Gasteiger partial charge on any atom is -0.508 e. The van der Waals surface area contributed by atoms with Crippen molar-refractivity contribution in [2.45, 2.75) is 19.5 Å².